The zero-order valence-electron chi connectivity index (χ0n) is 11.1. The van der Waals surface area contributed by atoms with Crippen LogP contribution >= 0.6 is 0 Å². The normalized spacial score (nSPS) is 12.1. The fourth-order valence-electron chi connectivity index (χ4n) is 1.86. The third kappa shape index (κ3) is 4.32. The van der Waals surface area contributed by atoms with Crippen LogP contribution in [0.4, 0.5) is 0 Å². The number of aryl methyl sites for hydroxylation is 1. The van der Waals surface area contributed by atoms with E-state index in [-0.39, 0.29) is 5.78 Å². The fraction of sp³-hybridized carbons (Fsp3) is 0.615. The zero-order valence-corrected chi connectivity index (χ0v) is 11.1. The second-order valence-corrected chi connectivity index (χ2v) is 5.04. The maximum absolute atomic E-state index is 12.0. The highest BCUT2D eigenvalue weighted by atomic mass is 16.3. The van der Waals surface area contributed by atoms with Gasteiger partial charge in [-0.25, -0.2) is 0 Å². The molecule has 0 aromatic carbocycles. The maximum atomic E-state index is 12.0. The van der Waals surface area contributed by atoms with Crippen LogP contribution in [0.15, 0.2) is 18.3 Å². The van der Waals surface area contributed by atoms with Gasteiger partial charge in [-0.05, 0) is 32.5 Å². The minimum Gasteiger partial charge on any atom is -0.389 e. The van der Waals surface area contributed by atoms with E-state index in [2.05, 4.69) is 0 Å². The molecule has 0 unspecified atom stereocenters. The van der Waals surface area contributed by atoms with Crippen LogP contribution in [0.3, 0.4) is 0 Å². The van der Waals surface area contributed by atoms with Gasteiger partial charge >= 0.3 is 0 Å². The van der Waals surface area contributed by atoms with E-state index in [1.807, 2.05) is 41.8 Å². The van der Waals surface area contributed by atoms with Crippen LogP contribution in [0, 0.1) is 0 Å². The number of likely N-dealkylation sites (N-methyl/N-ethyl adjacent to an activating group) is 1. The molecule has 0 amide bonds. The quantitative estimate of drug-likeness (QED) is 0.760. The molecule has 1 N–H and O–H groups in total. The van der Waals surface area contributed by atoms with Crippen LogP contribution < -0.4 is 0 Å². The van der Waals surface area contributed by atoms with Crippen molar-refractivity contribution >= 4 is 5.78 Å². The first-order valence-electron chi connectivity index (χ1n) is 5.92. The largest absolute Gasteiger partial charge is 0.389 e. The third-order valence-corrected chi connectivity index (χ3v) is 2.65. The summed E-state index contributed by atoms with van der Waals surface area (Å²) in [6, 6.07) is 3.68. The lowest BCUT2D eigenvalue weighted by molar-refractivity contribution is 0.0374. The molecule has 0 bridgehead atoms. The zero-order chi connectivity index (χ0) is 13.1. The van der Waals surface area contributed by atoms with Crippen molar-refractivity contribution in [1.29, 1.82) is 0 Å². The van der Waals surface area contributed by atoms with Crippen molar-refractivity contribution < 1.29 is 9.90 Å². The molecule has 1 heterocycles. The molecule has 0 saturated heterocycles. The molecule has 0 radical (unpaired) electrons. The van der Waals surface area contributed by atoms with Crippen molar-refractivity contribution in [3.8, 4) is 0 Å². The molecular formula is C13H22N2O2. The van der Waals surface area contributed by atoms with Gasteiger partial charge in [0.25, 0.3) is 0 Å². The molecule has 1 aromatic heterocycles. The molecule has 0 saturated carbocycles. The molecule has 1 rings (SSSR count). The Morgan fingerprint density at radius 3 is 2.59 bits per heavy atom. The standard InChI is InChI=1S/C13H22N2O2/c1-5-15(10-13(2,3)17)9-12(16)11-7-6-8-14(11)4/h6-8,17H,5,9-10H2,1-4H3. The van der Waals surface area contributed by atoms with Gasteiger partial charge in [-0.3, -0.25) is 9.69 Å². The Bertz CT molecular complexity index is 377. The van der Waals surface area contributed by atoms with Crippen LogP contribution in [0.1, 0.15) is 31.3 Å². The first-order valence-corrected chi connectivity index (χ1v) is 5.92. The first kappa shape index (κ1) is 13.9. The molecule has 0 atom stereocenters. The summed E-state index contributed by atoms with van der Waals surface area (Å²) in [5, 5.41) is 9.76. The minimum atomic E-state index is -0.773. The third-order valence-electron chi connectivity index (χ3n) is 2.65. The number of hydrogen-bond acceptors (Lipinski definition) is 3. The number of aromatic nitrogens is 1. The smallest absolute Gasteiger partial charge is 0.193 e. The van der Waals surface area contributed by atoms with E-state index < -0.39 is 5.60 Å². The number of ketones is 1. The van der Waals surface area contributed by atoms with E-state index in [1.165, 1.54) is 0 Å². The van der Waals surface area contributed by atoms with E-state index in [9.17, 15) is 9.90 Å². The Balaban J connectivity index is 2.63. The van der Waals surface area contributed by atoms with Gasteiger partial charge in [0.05, 0.1) is 17.8 Å². The van der Waals surface area contributed by atoms with E-state index >= 15 is 0 Å². The van der Waals surface area contributed by atoms with Crippen molar-refractivity contribution in [2.45, 2.75) is 26.4 Å². The molecule has 1 aromatic rings. The van der Waals surface area contributed by atoms with Gasteiger partial charge in [-0.2, -0.15) is 0 Å². The summed E-state index contributed by atoms with van der Waals surface area (Å²) in [5.41, 5.74) is -0.0657. The lowest BCUT2D eigenvalue weighted by atomic mass is 10.1. The number of nitrogens with zero attached hydrogens (tertiary/aromatic N) is 2. The Morgan fingerprint density at radius 2 is 2.18 bits per heavy atom. The summed E-state index contributed by atoms with van der Waals surface area (Å²) in [4.78, 5) is 14.0. The van der Waals surface area contributed by atoms with Crippen molar-refractivity contribution in [2.24, 2.45) is 7.05 Å². The Hall–Kier alpha value is -1.13. The highest BCUT2D eigenvalue weighted by Crippen LogP contribution is 2.07. The second kappa shape index (κ2) is 5.47. The van der Waals surface area contributed by atoms with Gasteiger partial charge in [0.2, 0.25) is 0 Å². The van der Waals surface area contributed by atoms with Crippen molar-refractivity contribution in [2.75, 3.05) is 19.6 Å². The topological polar surface area (TPSA) is 45.5 Å². The number of aliphatic hydroxyl groups is 1. The number of carbonyl (C=O) groups excluding carboxylic acids is 1. The van der Waals surface area contributed by atoms with Gasteiger partial charge in [-0.15, -0.1) is 0 Å². The van der Waals surface area contributed by atoms with Crippen LogP contribution in [0.2, 0.25) is 0 Å². The number of rotatable bonds is 6. The summed E-state index contributed by atoms with van der Waals surface area (Å²) in [6.45, 7) is 7.09. The van der Waals surface area contributed by atoms with Gasteiger partial charge in [0.1, 0.15) is 0 Å². The molecule has 17 heavy (non-hydrogen) atoms. The summed E-state index contributed by atoms with van der Waals surface area (Å²) in [6.07, 6.45) is 1.86. The van der Waals surface area contributed by atoms with Crippen molar-refractivity contribution in [1.82, 2.24) is 9.47 Å². The maximum Gasteiger partial charge on any atom is 0.193 e. The van der Waals surface area contributed by atoms with E-state index in [0.717, 1.165) is 6.54 Å². The number of hydrogen-bond donors (Lipinski definition) is 1. The summed E-state index contributed by atoms with van der Waals surface area (Å²) < 4.78 is 1.82. The summed E-state index contributed by atoms with van der Waals surface area (Å²) >= 11 is 0. The average molecular weight is 238 g/mol. The lowest BCUT2D eigenvalue weighted by Crippen LogP contribution is -2.41. The SMILES string of the molecule is CCN(CC(=O)c1cccn1C)CC(C)(C)O. The Morgan fingerprint density at radius 1 is 1.53 bits per heavy atom. The molecule has 4 nitrogen and oxygen atoms in total. The predicted molar refractivity (Wildman–Crippen MR) is 68.2 cm³/mol. The number of Topliss-reactive ketones (excluding diaryl/α,β-unsaturated/α-hetero) is 1. The second-order valence-electron chi connectivity index (χ2n) is 5.04. The molecule has 4 heteroatoms. The van der Waals surface area contributed by atoms with Gasteiger partial charge in [0.15, 0.2) is 5.78 Å². The number of carbonyl (C=O) groups is 1. The first-order chi connectivity index (χ1) is 7.83. The van der Waals surface area contributed by atoms with Crippen LogP contribution in [0.25, 0.3) is 0 Å². The summed E-state index contributed by atoms with van der Waals surface area (Å²) in [5.74, 6) is 0.0867. The summed E-state index contributed by atoms with van der Waals surface area (Å²) in [7, 11) is 1.86. The molecule has 0 aliphatic rings. The van der Waals surface area contributed by atoms with Gasteiger partial charge in [-0.1, -0.05) is 6.92 Å². The fourth-order valence-corrected chi connectivity index (χ4v) is 1.86. The molecule has 96 valence electrons. The molecule has 0 aliphatic carbocycles. The molecule has 0 fully saturated rings. The van der Waals surface area contributed by atoms with Crippen molar-refractivity contribution in [3.63, 3.8) is 0 Å². The predicted octanol–water partition coefficient (Wildman–Crippen LogP) is 1.30. The van der Waals surface area contributed by atoms with Crippen molar-refractivity contribution in [3.05, 3.63) is 24.0 Å². The van der Waals surface area contributed by atoms with Gasteiger partial charge in [0, 0.05) is 19.8 Å². The Kier molecular flexibility index (Phi) is 4.48. The monoisotopic (exact) mass is 238 g/mol. The van der Waals surface area contributed by atoms with Gasteiger partial charge < -0.3 is 9.67 Å². The van der Waals surface area contributed by atoms with Crippen LogP contribution in [0.5, 0.6) is 0 Å². The van der Waals surface area contributed by atoms with Crippen LogP contribution in [-0.2, 0) is 7.05 Å². The average Bonchev–Trinajstić information content (AvgIpc) is 2.61. The van der Waals surface area contributed by atoms with E-state index in [1.54, 1.807) is 13.8 Å². The minimum absolute atomic E-state index is 0.0867. The molecule has 0 aliphatic heterocycles. The van der Waals surface area contributed by atoms with Crippen LogP contribution in [-0.4, -0.2) is 45.6 Å². The lowest BCUT2D eigenvalue weighted by Gasteiger charge is -2.27. The highest BCUT2D eigenvalue weighted by molar-refractivity contribution is 5.96. The molecular weight excluding hydrogens is 216 g/mol. The Labute approximate surface area is 103 Å². The van der Waals surface area contributed by atoms with E-state index in [0.29, 0.717) is 18.8 Å². The highest BCUT2D eigenvalue weighted by Gasteiger charge is 2.20. The molecule has 0 spiro atoms. The van der Waals surface area contributed by atoms with E-state index in [4.69, 9.17) is 0 Å².